The Kier molecular flexibility index (Phi) is 6.22. The Balaban J connectivity index is 2.17. The van der Waals surface area contributed by atoms with Crippen molar-refractivity contribution in [3.63, 3.8) is 0 Å². The summed E-state index contributed by atoms with van der Waals surface area (Å²) >= 11 is 0. The average molecular weight is 448 g/mol. The number of rotatable bonds is 6. The first-order valence-corrected chi connectivity index (χ1v) is 11.0. The quantitative estimate of drug-likeness (QED) is 0.532. The summed E-state index contributed by atoms with van der Waals surface area (Å²) in [6.07, 6.45) is -4.31. The van der Waals surface area contributed by atoms with Gasteiger partial charge in [-0.2, -0.15) is 13.2 Å². The van der Waals surface area contributed by atoms with Gasteiger partial charge in [0.15, 0.2) is 9.84 Å². The predicted octanol–water partition coefficient (Wildman–Crippen LogP) is 5.61. The summed E-state index contributed by atoms with van der Waals surface area (Å²) in [7, 11) is -4.14. The number of carbonyl (C=O) groups is 1. The molecule has 0 aliphatic rings. The minimum Gasteiger partial charge on any atom is -0.478 e. The van der Waals surface area contributed by atoms with Gasteiger partial charge in [0.2, 0.25) is 0 Å². The lowest BCUT2D eigenvalue weighted by Crippen LogP contribution is -2.12. The molecule has 0 saturated heterocycles. The second kappa shape index (κ2) is 8.55. The lowest BCUT2D eigenvalue weighted by molar-refractivity contribution is -0.137. The molecule has 0 unspecified atom stereocenters. The van der Waals surface area contributed by atoms with E-state index in [4.69, 9.17) is 0 Å². The molecule has 0 aromatic heterocycles. The number of benzene rings is 3. The van der Waals surface area contributed by atoms with E-state index in [2.05, 4.69) is 0 Å². The van der Waals surface area contributed by atoms with Crippen molar-refractivity contribution in [3.8, 4) is 11.1 Å². The van der Waals surface area contributed by atoms with Gasteiger partial charge in [-0.25, -0.2) is 13.2 Å². The summed E-state index contributed by atoms with van der Waals surface area (Å²) in [5.74, 6) is -1.99. The van der Waals surface area contributed by atoms with Crippen molar-refractivity contribution in [2.45, 2.75) is 30.2 Å². The van der Waals surface area contributed by atoms with Crippen molar-refractivity contribution >= 4 is 15.8 Å². The average Bonchev–Trinajstić information content (AvgIpc) is 2.73. The number of carboxylic acids is 1. The molecule has 0 bridgehead atoms. The first-order valence-electron chi connectivity index (χ1n) is 9.37. The third kappa shape index (κ3) is 4.96. The lowest BCUT2D eigenvalue weighted by atomic mass is 9.98. The topological polar surface area (TPSA) is 71.4 Å². The molecule has 3 rings (SSSR count). The zero-order valence-electron chi connectivity index (χ0n) is 16.5. The number of hydrogen-bond acceptors (Lipinski definition) is 3. The largest absolute Gasteiger partial charge is 0.478 e. The summed E-state index contributed by atoms with van der Waals surface area (Å²) in [6.45, 7) is 1.72. The summed E-state index contributed by atoms with van der Waals surface area (Å²) < 4.78 is 66.4. The molecular weight excluding hydrogens is 429 g/mol. The minimum atomic E-state index is -4.63. The molecule has 0 atom stereocenters. The van der Waals surface area contributed by atoms with E-state index in [0.29, 0.717) is 23.1 Å². The maximum Gasteiger partial charge on any atom is 0.416 e. The normalized spacial score (nSPS) is 12.0. The Hall–Kier alpha value is -3.13. The van der Waals surface area contributed by atoms with Gasteiger partial charge in [0.1, 0.15) is 0 Å². The molecule has 0 aliphatic carbocycles. The summed E-state index contributed by atoms with van der Waals surface area (Å²) in [5, 5.41) is 9.23. The number of alkyl halides is 3. The second-order valence-electron chi connectivity index (χ2n) is 6.98. The van der Waals surface area contributed by atoms with Crippen LogP contribution in [0.1, 0.15) is 34.0 Å². The third-order valence-corrected chi connectivity index (χ3v) is 6.63. The highest BCUT2D eigenvalue weighted by Crippen LogP contribution is 2.35. The smallest absolute Gasteiger partial charge is 0.416 e. The van der Waals surface area contributed by atoms with Crippen molar-refractivity contribution in [2.75, 3.05) is 0 Å². The first-order chi connectivity index (χ1) is 14.5. The molecule has 1 N–H and O–H groups in total. The van der Waals surface area contributed by atoms with Gasteiger partial charge in [0.05, 0.1) is 21.8 Å². The van der Waals surface area contributed by atoms with Crippen LogP contribution >= 0.6 is 0 Å². The SMILES string of the molecule is CCc1ccc(C(=O)O)cc1S(=O)(=O)Cc1cc(C(F)(F)F)ccc1-c1ccccc1. The highest BCUT2D eigenvalue weighted by Gasteiger charge is 2.32. The highest BCUT2D eigenvalue weighted by atomic mass is 32.2. The van der Waals surface area contributed by atoms with Crippen molar-refractivity contribution in [2.24, 2.45) is 0 Å². The van der Waals surface area contributed by atoms with Crippen molar-refractivity contribution < 1.29 is 31.5 Å². The van der Waals surface area contributed by atoms with Crippen molar-refractivity contribution in [1.29, 1.82) is 0 Å². The number of aryl methyl sites for hydroxylation is 1. The molecule has 0 aliphatic heterocycles. The van der Waals surface area contributed by atoms with E-state index in [1.807, 2.05) is 0 Å². The molecule has 162 valence electrons. The van der Waals surface area contributed by atoms with Crippen LogP contribution in [-0.4, -0.2) is 19.5 Å². The van der Waals surface area contributed by atoms with E-state index in [1.165, 1.54) is 18.2 Å². The Morgan fingerprint density at radius 3 is 2.19 bits per heavy atom. The van der Waals surface area contributed by atoms with E-state index in [0.717, 1.165) is 18.2 Å². The molecule has 4 nitrogen and oxygen atoms in total. The van der Waals surface area contributed by atoms with Crippen LogP contribution in [0.2, 0.25) is 0 Å². The monoisotopic (exact) mass is 448 g/mol. The van der Waals surface area contributed by atoms with Gasteiger partial charge >= 0.3 is 12.1 Å². The molecule has 0 saturated carbocycles. The molecule has 0 fully saturated rings. The highest BCUT2D eigenvalue weighted by molar-refractivity contribution is 7.90. The molecule has 3 aromatic rings. The van der Waals surface area contributed by atoms with E-state index < -0.39 is 33.3 Å². The second-order valence-corrected chi connectivity index (χ2v) is 8.93. The fraction of sp³-hybridized carbons (Fsp3) is 0.174. The maximum atomic E-state index is 13.3. The van der Waals surface area contributed by atoms with Crippen LogP contribution in [0.3, 0.4) is 0 Å². The molecule has 0 radical (unpaired) electrons. The van der Waals surface area contributed by atoms with Gasteiger partial charge < -0.3 is 5.11 Å². The fourth-order valence-corrected chi connectivity index (χ4v) is 5.06. The zero-order valence-corrected chi connectivity index (χ0v) is 17.3. The number of halogens is 3. The molecular formula is C23H19F3O4S. The van der Waals surface area contributed by atoms with E-state index in [-0.39, 0.29) is 16.0 Å². The van der Waals surface area contributed by atoms with Gasteiger partial charge in [-0.1, -0.05) is 49.4 Å². The van der Waals surface area contributed by atoms with E-state index >= 15 is 0 Å². The number of aromatic carboxylic acids is 1. The van der Waals surface area contributed by atoms with Gasteiger partial charge in [0, 0.05) is 0 Å². The first kappa shape index (κ1) is 22.6. The van der Waals surface area contributed by atoms with Crippen molar-refractivity contribution in [3.05, 3.63) is 89.0 Å². The summed E-state index contributed by atoms with van der Waals surface area (Å²) in [6, 6.07) is 15.3. The molecule has 0 spiro atoms. The molecule has 0 amide bonds. The zero-order chi connectivity index (χ0) is 22.8. The lowest BCUT2D eigenvalue weighted by Gasteiger charge is -2.16. The molecule has 0 heterocycles. The van der Waals surface area contributed by atoms with Gasteiger partial charge in [-0.15, -0.1) is 0 Å². The number of hydrogen-bond donors (Lipinski definition) is 1. The van der Waals surface area contributed by atoms with Gasteiger partial charge in [-0.05, 0) is 52.9 Å². The Morgan fingerprint density at radius 2 is 1.61 bits per heavy atom. The fourth-order valence-electron chi connectivity index (χ4n) is 3.34. The van der Waals surface area contributed by atoms with Crippen LogP contribution in [0.15, 0.2) is 71.6 Å². The summed E-state index contributed by atoms with van der Waals surface area (Å²) in [5.41, 5.74) is 0.179. The number of sulfone groups is 1. The standard InChI is InChI=1S/C23H19F3O4S/c1-2-15-8-9-17(22(27)28)13-21(15)31(29,30)14-18-12-19(23(24,25)26)10-11-20(18)16-6-4-3-5-7-16/h3-13H,2,14H2,1H3,(H,27,28). The van der Waals surface area contributed by atoms with Gasteiger partial charge in [0.25, 0.3) is 0 Å². The Labute approximate surface area is 177 Å². The van der Waals surface area contributed by atoms with Crippen LogP contribution in [0, 0.1) is 0 Å². The molecule has 8 heteroatoms. The van der Waals surface area contributed by atoms with Gasteiger partial charge in [-0.3, -0.25) is 0 Å². The van der Waals surface area contributed by atoms with Crippen LogP contribution in [0.5, 0.6) is 0 Å². The maximum absolute atomic E-state index is 13.3. The third-order valence-electron chi connectivity index (χ3n) is 4.89. The molecule has 31 heavy (non-hydrogen) atoms. The number of carboxylic acid groups (broad SMARTS) is 1. The van der Waals surface area contributed by atoms with Crippen LogP contribution in [0.25, 0.3) is 11.1 Å². The Morgan fingerprint density at radius 1 is 0.935 bits per heavy atom. The molecule has 3 aromatic carbocycles. The Bertz CT molecular complexity index is 1220. The summed E-state index contributed by atoms with van der Waals surface area (Å²) in [4.78, 5) is 11.1. The van der Waals surface area contributed by atoms with Crippen LogP contribution in [-0.2, 0) is 28.2 Å². The van der Waals surface area contributed by atoms with Crippen molar-refractivity contribution in [1.82, 2.24) is 0 Å². The van der Waals surface area contributed by atoms with Crippen LogP contribution < -0.4 is 0 Å². The predicted molar refractivity (Wildman–Crippen MR) is 111 cm³/mol. The van der Waals surface area contributed by atoms with Crippen LogP contribution in [0.4, 0.5) is 13.2 Å². The van der Waals surface area contributed by atoms with E-state index in [9.17, 15) is 31.5 Å². The van der Waals surface area contributed by atoms with E-state index in [1.54, 1.807) is 37.3 Å². The minimum absolute atomic E-state index is 0.0104.